The molecule has 5 unspecified atom stereocenters. The highest BCUT2D eigenvalue weighted by molar-refractivity contribution is 5.80. The summed E-state index contributed by atoms with van der Waals surface area (Å²) in [6, 6.07) is -0.322. The zero-order valence-corrected chi connectivity index (χ0v) is 28.9. The van der Waals surface area contributed by atoms with Crippen LogP contribution in [0.4, 0.5) is 4.79 Å². The fourth-order valence-electron chi connectivity index (χ4n) is 5.96. The summed E-state index contributed by atoms with van der Waals surface area (Å²) in [6.45, 7) is 16.9. The van der Waals surface area contributed by atoms with Gasteiger partial charge in [0.25, 0.3) is 0 Å². The molecule has 0 amide bonds. The molecule has 0 aromatic carbocycles. The van der Waals surface area contributed by atoms with Crippen molar-refractivity contribution in [1.82, 2.24) is 5.32 Å². The summed E-state index contributed by atoms with van der Waals surface area (Å²) >= 11 is 0. The van der Waals surface area contributed by atoms with Crippen molar-refractivity contribution in [2.24, 2.45) is 0 Å². The number of ketones is 1. The standard InChI is InChI=1S/C37H67NO6.CH4/c1-7-11-13-15-17-19-20-22-24-26-32(39)29-30(5)38-34-31(6)43-33(10-4)35(44-37(40)42-27-9-3)36(34)41-28-25-23-21-18-16-14-12-8-2;/h9,31,33-36,38H,3,5,7-8,10-29H2,1-2,4,6H3;1H4. The molecule has 1 N–H and O–H groups in total. The lowest BCUT2D eigenvalue weighted by atomic mass is 9.91. The number of nitrogens with one attached hydrogen (secondary N) is 1. The Hall–Kier alpha value is -1.86. The summed E-state index contributed by atoms with van der Waals surface area (Å²) in [5.41, 5.74) is 0.648. The minimum atomic E-state index is -0.763. The van der Waals surface area contributed by atoms with Gasteiger partial charge in [-0.3, -0.25) is 4.79 Å². The van der Waals surface area contributed by atoms with Gasteiger partial charge in [-0.05, 0) is 26.2 Å². The van der Waals surface area contributed by atoms with Gasteiger partial charge in [0.2, 0.25) is 0 Å². The lowest BCUT2D eigenvalue weighted by Crippen LogP contribution is -2.63. The van der Waals surface area contributed by atoms with E-state index in [4.69, 9.17) is 18.9 Å². The molecule has 0 aliphatic carbocycles. The van der Waals surface area contributed by atoms with Crippen LogP contribution in [0.15, 0.2) is 24.9 Å². The van der Waals surface area contributed by atoms with Crippen LogP contribution in [0.5, 0.6) is 0 Å². The van der Waals surface area contributed by atoms with Crippen molar-refractivity contribution in [2.45, 2.75) is 194 Å². The van der Waals surface area contributed by atoms with Gasteiger partial charge in [0.15, 0.2) is 6.10 Å². The van der Waals surface area contributed by atoms with E-state index in [0.29, 0.717) is 25.1 Å². The monoisotopic (exact) mass is 638 g/mol. The molecule has 1 heterocycles. The molecular weight excluding hydrogens is 566 g/mol. The molecule has 0 aromatic rings. The van der Waals surface area contributed by atoms with Gasteiger partial charge in [0, 0.05) is 25.1 Å². The van der Waals surface area contributed by atoms with E-state index in [1.165, 1.54) is 89.5 Å². The molecule has 1 aliphatic heterocycles. The van der Waals surface area contributed by atoms with Crippen LogP contribution in [-0.4, -0.2) is 55.6 Å². The molecule has 0 aromatic heterocycles. The first-order chi connectivity index (χ1) is 21.4. The Morgan fingerprint density at radius 3 is 1.87 bits per heavy atom. The first-order valence-corrected chi connectivity index (χ1v) is 18.0. The van der Waals surface area contributed by atoms with Crippen LogP contribution in [-0.2, 0) is 23.7 Å². The van der Waals surface area contributed by atoms with Gasteiger partial charge in [-0.1, -0.05) is 144 Å². The second-order valence-electron chi connectivity index (χ2n) is 12.6. The van der Waals surface area contributed by atoms with Crippen molar-refractivity contribution in [1.29, 1.82) is 0 Å². The smallest absolute Gasteiger partial charge is 0.430 e. The molecule has 7 nitrogen and oxygen atoms in total. The molecule has 264 valence electrons. The Morgan fingerprint density at radius 2 is 1.33 bits per heavy atom. The second-order valence-corrected chi connectivity index (χ2v) is 12.6. The van der Waals surface area contributed by atoms with E-state index in [1.54, 1.807) is 0 Å². The molecule has 1 aliphatic rings. The fourth-order valence-corrected chi connectivity index (χ4v) is 5.96. The molecule has 45 heavy (non-hydrogen) atoms. The van der Waals surface area contributed by atoms with Crippen LogP contribution in [0.25, 0.3) is 0 Å². The summed E-state index contributed by atoms with van der Waals surface area (Å²) in [5.74, 6) is 0.193. The zero-order valence-electron chi connectivity index (χ0n) is 28.9. The van der Waals surface area contributed by atoms with Crippen molar-refractivity contribution in [3.8, 4) is 0 Å². The first kappa shape index (κ1) is 43.1. The number of hydrogen-bond donors (Lipinski definition) is 1. The van der Waals surface area contributed by atoms with E-state index in [-0.39, 0.29) is 44.5 Å². The lowest BCUT2D eigenvalue weighted by Gasteiger charge is -2.45. The van der Waals surface area contributed by atoms with Crippen molar-refractivity contribution >= 4 is 11.9 Å². The molecule has 1 saturated heterocycles. The average Bonchev–Trinajstić information content (AvgIpc) is 3.00. The predicted molar refractivity (Wildman–Crippen MR) is 188 cm³/mol. The summed E-state index contributed by atoms with van der Waals surface area (Å²) in [4.78, 5) is 25.3. The third kappa shape index (κ3) is 20.1. The molecule has 0 bridgehead atoms. The van der Waals surface area contributed by atoms with Crippen molar-refractivity contribution < 1.29 is 28.5 Å². The second kappa shape index (κ2) is 28.4. The van der Waals surface area contributed by atoms with Crippen LogP contribution in [0.1, 0.15) is 164 Å². The zero-order chi connectivity index (χ0) is 32.4. The maximum absolute atomic E-state index is 12.8. The maximum atomic E-state index is 12.8. The van der Waals surface area contributed by atoms with Gasteiger partial charge in [-0.15, -0.1) is 0 Å². The van der Waals surface area contributed by atoms with E-state index in [2.05, 4.69) is 32.3 Å². The Bertz CT molecular complexity index is 771. The maximum Gasteiger partial charge on any atom is 0.509 e. The number of unbranched alkanes of at least 4 members (excludes halogenated alkanes) is 15. The SMILES string of the molecule is C.C=CCOC(=O)OC1C(CC)OC(C)C(NC(=C)CC(=O)CCCCCCCCCCC)C1OCCCCCCCCCC. The van der Waals surface area contributed by atoms with Gasteiger partial charge in [-0.2, -0.15) is 0 Å². The van der Waals surface area contributed by atoms with Gasteiger partial charge in [0.1, 0.15) is 18.5 Å². The minimum Gasteiger partial charge on any atom is -0.430 e. The number of carbonyl (C=O) groups excluding carboxylic acids is 2. The van der Waals surface area contributed by atoms with Crippen LogP contribution in [0.2, 0.25) is 0 Å². The quantitative estimate of drug-likeness (QED) is 0.0519. The number of hydrogen-bond acceptors (Lipinski definition) is 7. The molecule has 1 rings (SSSR count). The molecule has 7 heteroatoms. The molecule has 5 atom stereocenters. The van der Waals surface area contributed by atoms with Crippen LogP contribution in [0.3, 0.4) is 0 Å². The Balaban J connectivity index is 0.0000194. The van der Waals surface area contributed by atoms with Crippen molar-refractivity contribution in [2.75, 3.05) is 13.2 Å². The summed E-state index contributed by atoms with van der Waals surface area (Å²) < 4.78 is 23.7. The number of carbonyl (C=O) groups is 2. The number of allylic oxidation sites excluding steroid dienone is 1. The third-order valence-electron chi connectivity index (χ3n) is 8.54. The third-order valence-corrected chi connectivity index (χ3v) is 8.54. The van der Waals surface area contributed by atoms with Crippen LogP contribution < -0.4 is 5.32 Å². The van der Waals surface area contributed by atoms with Gasteiger partial charge in [-0.25, -0.2) is 4.79 Å². The Labute approximate surface area is 277 Å². The van der Waals surface area contributed by atoms with Gasteiger partial charge in [0.05, 0.1) is 18.2 Å². The highest BCUT2D eigenvalue weighted by Gasteiger charge is 2.47. The molecule has 0 spiro atoms. The van der Waals surface area contributed by atoms with Gasteiger partial charge < -0.3 is 24.3 Å². The van der Waals surface area contributed by atoms with Gasteiger partial charge >= 0.3 is 6.16 Å². The Kier molecular flexibility index (Phi) is 27.2. The summed E-state index contributed by atoms with van der Waals surface area (Å²) in [5, 5.41) is 3.44. The summed E-state index contributed by atoms with van der Waals surface area (Å²) in [6.07, 6.45) is 21.3. The fraction of sp³-hybridized carbons (Fsp3) is 0.842. The lowest BCUT2D eigenvalue weighted by molar-refractivity contribution is -0.199. The topological polar surface area (TPSA) is 83.1 Å². The van der Waals surface area contributed by atoms with Crippen molar-refractivity contribution in [3.63, 3.8) is 0 Å². The molecular formula is C38H71NO6. The summed E-state index contributed by atoms with van der Waals surface area (Å²) in [7, 11) is 0. The van der Waals surface area contributed by atoms with E-state index >= 15 is 0 Å². The number of ether oxygens (including phenoxy) is 4. The highest BCUT2D eigenvalue weighted by atomic mass is 16.7. The normalized spacial score (nSPS) is 21.0. The van der Waals surface area contributed by atoms with E-state index < -0.39 is 18.4 Å². The predicted octanol–water partition coefficient (Wildman–Crippen LogP) is 10.4. The van der Waals surface area contributed by atoms with Crippen LogP contribution >= 0.6 is 0 Å². The highest BCUT2D eigenvalue weighted by Crippen LogP contribution is 2.29. The van der Waals surface area contributed by atoms with E-state index in [1.807, 2.05) is 13.8 Å². The first-order valence-electron chi connectivity index (χ1n) is 18.0. The minimum absolute atomic E-state index is 0. The van der Waals surface area contributed by atoms with E-state index in [0.717, 1.165) is 25.7 Å². The Morgan fingerprint density at radius 1 is 0.800 bits per heavy atom. The largest absolute Gasteiger partial charge is 0.509 e. The van der Waals surface area contributed by atoms with E-state index in [9.17, 15) is 9.59 Å². The molecule has 0 radical (unpaired) electrons. The average molecular weight is 638 g/mol. The molecule has 0 saturated carbocycles. The molecule has 1 fully saturated rings. The van der Waals surface area contributed by atoms with Crippen LogP contribution in [0, 0.1) is 0 Å². The number of Topliss-reactive ketones (excluding diaryl/α,β-unsaturated/α-hetero) is 1. The van der Waals surface area contributed by atoms with Crippen molar-refractivity contribution in [3.05, 3.63) is 24.9 Å². The number of rotatable bonds is 28.